The molecule has 1 aromatic carbocycles. The number of nitriles is 1. The molecule has 0 bridgehead atoms. The van der Waals surface area contributed by atoms with Crippen molar-refractivity contribution in [2.24, 2.45) is 11.7 Å². The van der Waals surface area contributed by atoms with E-state index in [1.54, 1.807) is 17.9 Å². The molecule has 2 aliphatic rings. The Morgan fingerprint density at radius 1 is 1.34 bits per heavy atom. The van der Waals surface area contributed by atoms with Crippen LogP contribution < -0.4 is 20.9 Å². The van der Waals surface area contributed by atoms with Gasteiger partial charge in [-0.15, -0.1) is 0 Å². The largest absolute Gasteiger partial charge is 0.404 e. The molecule has 8 heteroatoms. The van der Waals surface area contributed by atoms with Crippen LogP contribution in [0.4, 0.5) is 11.4 Å². The lowest BCUT2D eigenvalue weighted by Gasteiger charge is -2.31. The van der Waals surface area contributed by atoms with Gasteiger partial charge in [-0.1, -0.05) is 13.0 Å². The van der Waals surface area contributed by atoms with Gasteiger partial charge in [0.15, 0.2) is 0 Å². The molecule has 0 amide bonds. The van der Waals surface area contributed by atoms with Crippen LogP contribution in [0.25, 0.3) is 5.57 Å². The van der Waals surface area contributed by atoms with E-state index < -0.39 is 0 Å². The van der Waals surface area contributed by atoms with E-state index in [2.05, 4.69) is 16.3 Å². The van der Waals surface area contributed by atoms with E-state index in [4.69, 9.17) is 27.2 Å². The first-order valence-corrected chi connectivity index (χ1v) is 9.24. The Balaban J connectivity index is 2.22. The van der Waals surface area contributed by atoms with Crippen LogP contribution in [0.3, 0.4) is 0 Å². The summed E-state index contributed by atoms with van der Waals surface area (Å²) >= 11 is 0. The molecule has 0 fully saturated rings. The highest BCUT2D eigenvalue weighted by Crippen LogP contribution is 2.38. The van der Waals surface area contributed by atoms with E-state index in [1.807, 2.05) is 31.2 Å². The smallest absolute Gasteiger partial charge is 0.111 e. The van der Waals surface area contributed by atoms with Crippen molar-refractivity contribution in [1.82, 2.24) is 5.32 Å². The average molecular weight is 388 g/mol. The predicted molar refractivity (Wildman–Crippen MR) is 117 cm³/mol. The van der Waals surface area contributed by atoms with Gasteiger partial charge < -0.3 is 21.4 Å². The number of fused-ring (bicyclic) bond motifs is 1. The summed E-state index contributed by atoms with van der Waals surface area (Å²) in [5, 5.41) is 36.9. The molecule has 1 aromatic rings. The summed E-state index contributed by atoms with van der Waals surface area (Å²) in [6.07, 6.45) is 6.24. The van der Waals surface area contributed by atoms with Crippen LogP contribution in [-0.2, 0) is 0 Å². The van der Waals surface area contributed by atoms with Gasteiger partial charge in [0, 0.05) is 36.0 Å². The van der Waals surface area contributed by atoms with Crippen molar-refractivity contribution in [2.75, 3.05) is 22.9 Å². The normalized spacial score (nSPS) is 19.3. The molecule has 3 rings (SSSR count). The van der Waals surface area contributed by atoms with E-state index in [0.717, 1.165) is 22.8 Å². The van der Waals surface area contributed by atoms with E-state index in [1.165, 1.54) is 12.4 Å². The zero-order valence-electron chi connectivity index (χ0n) is 16.5. The summed E-state index contributed by atoms with van der Waals surface area (Å²) in [7, 11) is 0. The van der Waals surface area contributed by atoms with Crippen LogP contribution in [0.1, 0.15) is 19.4 Å². The highest BCUT2D eigenvalue weighted by molar-refractivity contribution is 6.19. The van der Waals surface area contributed by atoms with Crippen molar-refractivity contribution in [3.05, 3.63) is 53.5 Å². The zero-order chi connectivity index (χ0) is 21.1. The van der Waals surface area contributed by atoms with Crippen molar-refractivity contribution >= 4 is 34.8 Å². The molecular formula is C21H24N8. The van der Waals surface area contributed by atoms with Crippen LogP contribution in [0, 0.1) is 33.5 Å². The highest BCUT2D eigenvalue weighted by Gasteiger charge is 2.32. The monoisotopic (exact) mass is 388 g/mol. The topological polar surface area (TPSA) is 140 Å². The fraction of sp³-hybridized carbons (Fsp3) is 0.238. The molecule has 1 unspecified atom stereocenters. The van der Waals surface area contributed by atoms with E-state index >= 15 is 0 Å². The molecule has 0 aromatic heterocycles. The molecular weight excluding hydrogens is 364 g/mol. The number of nitrogens with two attached hydrogens (primary N) is 1. The van der Waals surface area contributed by atoms with Crippen molar-refractivity contribution < 1.29 is 0 Å². The SMILES string of the molecule is CC(=N)N1C(=N)C(C)CN(C2=CC=C(C#N)CN2)c2cc(/C(C=N)=C/N)ccc21. The molecule has 0 aliphatic carbocycles. The van der Waals surface area contributed by atoms with Crippen LogP contribution >= 0.6 is 0 Å². The maximum Gasteiger partial charge on any atom is 0.111 e. The Morgan fingerprint density at radius 3 is 2.66 bits per heavy atom. The molecule has 148 valence electrons. The quantitative estimate of drug-likeness (QED) is 0.400. The molecule has 1 atom stereocenters. The summed E-state index contributed by atoms with van der Waals surface area (Å²) in [5.74, 6) is 1.29. The second-order valence-electron chi connectivity index (χ2n) is 7.00. The number of nitrogens with zero attached hydrogens (tertiary/aromatic N) is 3. The van der Waals surface area contributed by atoms with Crippen LogP contribution in [0.15, 0.2) is 47.9 Å². The standard InChI is InChI=1S/C21H24N8/c1-13-12-28(20-6-3-15(8-22)11-27-20)19-7-16(17(9-23)10-24)4-5-18(19)29(14(2)25)21(13)26/h3-7,9-10,13,23,25-27H,11-12,24H2,1-2H3/b17-10+,23-9?,25-14?,26-21?. The summed E-state index contributed by atoms with van der Waals surface area (Å²) in [4.78, 5) is 3.70. The Bertz CT molecular complexity index is 1010. The Kier molecular flexibility index (Phi) is 5.50. The number of benzene rings is 1. The van der Waals surface area contributed by atoms with E-state index in [0.29, 0.717) is 30.1 Å². The second kappa shape index (κ2) is 8.02. The summed E-state index contributed by atoms with van der Waals surface area (Å²) in [5.41, 5.74) is 9.20. The lowest BCUT2D eigenvalue weighted by molar-refractivity contribution is 0.696. The first kappa shape index (κ1) is 19.9. The van der Waals surface area contributed by atoms with Gasteiger partial charge in [-0.3, -0.25) is 15.7 Å². The van der Waals surface area contributed by atoms with Gasteiger partial charge in [0.25, 0.3) is 0 Å². The van der Waals surface area contributed by atoms with Crippen molar-refractivity contribution in [3.8, 4) is 6.07 Å². The van der Waals surface area contributed by atoms with Gasteiger partial charge in [0.2, 0.25) is 0 Å². The summed E-state index contributed by atoms with van der Waals surface area (Å²) < 4.78 is 0. The first-order chi connectivity index (χ1) is 13.9. The minimum Gasteiger partial charge on any atom is -0.404 e. The van der Waals surface area contributed by atoms with Crippen molar-refractivity contribution in [2.45, 2.75) is 13.8 Å². The number of dihydropyridines is 1. The van der Waals surface area contributed by atoms with Gasteiger partial charge in [-0.05, 0) is 36.8 Å². The third-order valence-electron chi connectivity index (χ3n) is 5.01. The average Bonchev–Trinajstić information content (AvgIpc) is 2.83. The van der Waals surface area contributed by atoms with Crippen molar-refractivity contribution in [1.29, 1.82) is 21.5 Å². The molecule has 2 heterocycles. The van der Waals surface area contributed by atoms with Gasteiger partial charge in [0.1, 0.15) is 17.5 Å². The number of hydrogen-bond donors (Lipinski definition) is 5. The van der Waals surface area contributed by atoms with E-state index in [9.17, 15) is 0 Å². The minimum absolute atomic E-state index is 0.137. The third kappa shape index (κ3) is 3.62. The van der Waals surface area contributed by atoms with Gasteiger partial charge >= 0.3 is 0 Å². The van der Waals surface area contributed by atoms with Crippen LogP contribution in [0.5, 0.6) is 0 Å². The maximum absolute atomic E-state index is 9.12. The fourth-order valence-electron chi connectivity index (χ4n) is 3.48. The molecule has 0 saturated carbocycles. The molecule has 0 radical (unpaired) electrons. The number of nitrogens with one attached hydrogen (secondary N) is 4. The molecule has 29 heavy (non-hydrogen) atoms. The minimum atomic E-state index is -0.137. The molecule has 2 aliphatic heterocycles. The molecule has 0 spiro atoms. The number of amidine groups is 2. The predicted octanol–water partition coefficient (Wildman–Crippen LogP) is 2.77. The second-order valence-corrected chi connectivity index (χ2v) is 7.00. The zero-order valence-corrected chi connectivity index (χ0v) is 16.5. The molecule has 0 saturated heterocycles. The highest BCUT2D eigenvalue weighted by atomic mass is 15.3. The van der Waals surface area contributed by atoms with E-state index in [-0.39, 0.29) is 11.8 Å². The lowest BCUT2D eigenvalue weighted by atomic mass is 10.0. The number of allylic oxidation sites excluding steroid dienone is 3. The number of hydrogen-bond acceptors (Lipinski definition) is 7. The maximum atomic E-state index is 9.12. The fourth-order valence-corrected chi connectivity index (χ4v) is 3.48. The Labute approximate surface area is 170 Å². The number of anilines is 2. The Morgan fingerprint density at radius 2 is 2.10 bits per heavy atom. The van der Waals surface area contributed by atoms with Gasteiger partial charge in [0.05, 0.1) is 24.0 Å². The van der Waals surface area contributed by atoms with Crippen LogP contribution in [0.2, 0.25) is 0 Å². The summed E-state index contributed by atoms with van der Waals surface area (Å²) in [6, 6.07) is 7.78. The van der Waals surface area contributed by atoms with Crippen molar-refractivity contribution in [3.63, 3.8) is 0 Å². The Hall–Kier alpha value is -3.86. The number of rotatable bonds is 3. The lowest BCUT2D eigenvalue weighted by Crippen LogP contribution is -2.40. The molecule has 6 N–H and O–H groups in total. The van der Waals surface area contributed by atoms with Crippen LogP contribution in [-0.4, -0.2) is 31.0 Å². The molecule has 8 nitrogen and oxygen atoms in total. The van der Waals surface area contributed by atoms with Gasteiger partial charge in [-0.25, -0.2) is 0 Å². The first-order valence-electron chi connectivity index (χ1n) is 9.24. The third-order valence-corrected chi connectivity index (χ3v) is 5.01. The summed E-state index contributed by atoms with van der Waals surface area (Å²) in [6.45, 7) is 4.58. The van der Waals surface area contributed by atoms with Gasteiger partial charge in [-0.2, -0.15) is 5.26 Å².